The average molecular weight is 452 g/mol. The summed E-state index contributed by atoms with van der Waals surface area (Å²) in [5.41, 5.74) is 2.87. The molecule has 3 fully saturated rings. The van der Waals surface area contributed by atoms with Crippen LogP contribution < -0.4 is 4.74 Å². The molecule has 0 radical (unpaired) electrons. The van der Waals surface area contributed by atoms with E-state index in [1.165, 1.54) is 24.8 Å². The van der Waals surface area contributed by atoms with E-state index in [2.05, 4.69) is 12.1 Å². The van der Waals surface area contributed by atoms with Gasteiger partial charge in [-0.2, -0.15) is 0 Å². The summed E-state index contributed by atoms with van der Waals surface area (Å²) in [6.07, 6.45) is 4.76. The van der Waals surface area contributed by atoms with E-state index in [4.69, 9.17) is 9.47 Å². The van der Waals surface area contributed by atoms with Crippen molar-refractivity contribution in [2.75, 3.05) is 26.8 Å². The molecule has 174 valence electrons. The first-order valence-corrected chi connectivity index (χ1v) is 11.6. The number of benzene rings is 2. The zero-order chi connectivity index (χ0) is 23.2. The van der Waals surface area contributed by atoms with E-state index >= 15 is 0 Å². The molecule has 2 heterocycles. The molecule has 2 atom stereocenters. The molecule has 2 saturated heterocycles. The van der Waals surface area contributed by atoms with Crippen molar-refractivity contribution in [3.8, 4) is 22.6 Å². The molecule has 1 spiro atoms. The minimum absolute atomic E-state index is 0.152. The average Bonchev–Trinajstić information content (AvgIpc) is 3.24. The molecule has 0 aromatic heterocycles. The molecule has 1 saturated carbocycles. The summed E-state index contributed by atoms with van der Waals surface area (Å²) in [4.78, 5) is 26.1. The fourth-order valence-corrected chi connectivity index (χ4v) is 5.55. The van der Waals surface area contributed by atoms with Crippen molar-refractivity contribution in [2.45, 2.75) is 44.1 Å². The molecule has 7 heteroatoms. The van der Waals surface area contributed by atoms with Crippen LogP contribution in [0.2, 0.25) is 0 Å². The number of carbonyl (C=O) groups excluding carboxylic acids is 1. The molecular weight excluding hydrogens is 422 g/mol. The number of ether oxygens (including phenoxy) is 2. The van der Waals surface area contributed by atoms with Crippen LogP contribution in [-0.2, 0) is 9.53 Å². The summed E-state index contributed by atoms with van der Waals surface area (Å²) in [7, 11) is 1.50. The number of piperidine rings is 1. The Kier molecular flexibility index (Phi) is 5.52. The first kappa shape index (κ1) is 21.8. The van der Waals surface area contributed by atoms with Gasteiger partial charge in [0.05, 0.1) is 7.11 Å². The predicted octanol–water partition coefficient (Wildman–Crippen LogP) is 4.04. The van der Waals surface area contributed by atoms with Gasteiger partial charge in [-0.15, -0.1) is 0 Å². The van der Waals surface area contributed by atoms with Gasteiger partial charge in [0.1, 0.15) is 23.2 Å². The van der Waals surface area contributed by atoms with E-state index in [1.54, 1.807) is 0 Å². The third-order valence-electron chi connectivity index (χ3n) is 7.64. The lowest BCUT2D eigenvalue weighted by Gasteiger charge is -2.34. The van der Waals surface area contributed by atoms with E-state index in [0.717, 1.165) is 50.8 Å². The highest BCUT2D eigenvalue weighted by Crippen LogP contribution is 2.65. The molecule has 7 nitrogen and oxygen atoms in total. The highest BCUT2D eigenvalue weighted by molar-refractivity contribution is 5.93. The third kappa shape index (κ3) is 3.95. The van der Waals surface area contributed by atoms with Crippen LogP contribution in [0.3, 0.4) is 0 Å². The minimum Gasteiger partial charge on any atom is -0.507 e. The second-order valence-electron chi connectivity index (χ2n) is 9.44. The molecule has 2 aliphatic heterocycles. The van der Waals surface area contributed by atoms with Gasteiger partial charge in [-0.05, 0) is 60.6 Å². The highest BCUT2D eigenvalue weighted by atomic mass is 16.5. The van der Waals surface area contributed by atoms with Crippen molar-refractivity contribution in [3.05, 3.63) is 47.5 Å². The van der Waals surface area contributed by atoms with E-state index < -0.39 is 5.97 Å². The van der Waals surface area contributed by atoms with Gasteiger partial charge in [-0.1, -0.05) is 24.3 Å². The zero-order valence-corrected chi connectivity index (χ0v) is 18.8. The van der Waals surface area contributed by atoms with Crippen molar-refractivity contribution in [3.63, 3.8) is 0 Å². The first-order chi connectivity index (χ1) is 15.9. The second-order valence-corrected chi connectivity index (χ2v) is 9.44. The molecule has 2 aromatic carbocycles. The van der Waals surface area contributed by atoms with E-state index in [1.807, 2.05) is 17.0 Å². The number of hydrogen-bond donors (Lipinski definition) is 2. The number of phenols is 1. The van der Waals surface area contributed by atoms with Gasteiger partial charge in [-0.25, -0.2) is 4.79 Å². The maximum atomic E-state index is 12.6. The molecule has 1 unspecified atom stereocenters. The molecule has 3 aliphatic rings. The molecule has 2 N–H and O–H groups in total. The first-order valence-electron chi connectivity index (χ1n) is 11.6. The fourth-order valence-electron chi connectivity index (χ4n) is 5.55. The maximum Gasteiger partial charge on any atom is 0.339 e. The van der Waals surface area contributed by atoms with Crippen molar-refractivity contribution < 1.29 is 29.3 Å². The third-order valence-corrected chi connectivity index (χ3v) is 7.64. The number of hydrogen-bond acceptors (Lipinski definition) is 5. The number of aromatic carboxylic acids is 1. The van der Waals surface area contributed by atoms with Crippen molar-refractivity contribution in [1.82, 2.24) is 4.90 Å². The molecular formula is C26H29NO6. The summed E-state index contributed by atoms with van der Waals surface area (Å²) >= 11 is 0. The number of carbonyl (C=O) groups is 2. The number of nitrogens with zero attached hydrogens (tertiary/aromatic N) is 1. The molecule has 1 amide bonds. The SMILES string of the molecule is COc1cc(O)c(C(=O)O)cc1-c1ccc(C2CC23CCN(C(=O)[C@H]2CCCO2)CC3)cc1. The smallest absolute Gasteiger partial charge is 0.339 e. The molecule has 1 aliphatic carbocycles. The lowest BCUT2D eigenvalue weighted by Crippen LogP contribution is -2.44. The van der Waals surface area contributed by atoms with Crippen LogP contribution in [0.5, 0.6) is 11.5 Å². The van der Waals surface area contributed by atoms with Crippen LogP contribution in [0.25, 0.3) is 11.1 Å². The number of likely N-dealkylation sites (tertiary alicyclic amines) is 1. The minimum atomic E-state index is -1.18. The number of rotatable bonds is 5. The Balaban J connectivity index is 1.28. The summed E-state index contributed by atoms with van der Waals surface area (Å²) in [6, 6.07) is 11.0. The number of carboxylic acid groups (broad SMARTS) is 1. The molecule has 5 rings (SSSR count). The summed E-state index contributed by atoms with van der Waals surface area (Å²) < 4.78 is 10.9. The van der Waals surface area contributed by atoms with Gasteiger partial charge in [0.25, 0.3) is 5.91 Å². The molecule has 2 aromatic rings. The van der Waals surface area contributed by atoms with Gasteiger partial charge in [-0.3, -0.25) is 4.79 Å². The summed E-state index contributed by atoms with van der Waals surface area (Å²) in [5, 5.41) is 19.3. The summed E-state index contributed by atoms with van der Waals surface area (Å²) in [6.45, 7) is 2.30. The van der Waals surface area contributed by atoms with Crippen molar-refractivity contribution in [2.24, 2.45) is 5.41 Å². The maximum absolute atomic E-state index is 12.6. The van der Waals surface area contributed by atoms with Gasteiger partial charge in [0.15, 0.2) is 0 Å². The number of aromatic hydroxyl groups is 1. The van der Waals surface area contributed by atoms with E-state index in [9.17, 15) is 19.8 Å². The Hall–Kier alpha value is -3.06. The quantitative estimate of drug-likeness (QED) is 0.712. The Morgan fingerprint density at radius 2 is 1.88 bits per heavy atom. The van der Waals surface area contributed by atoms with Crippen LogP contribution in [0.15, 0.2) is 36.4 Å². The number of methoxy groups -OCH3 is 1. The second kappa shape index (κ2) is 8.37. The standard InChI is InChI=1S/C26H29NO6/c1-32-23-14-21(28)19(25(30)31)13-18(23)16-4-6-17(7-5-16)20-15-26(20)8-10-27(11-9-26)24(29)22-3-2-12-33-22/h4-7,13-14,20,22,28H,2-3,8-12,15H2,1H3,(H,30,31)/t20?,22-/m1/s1. The predicted molar refractivity (Wildman–Crippen MR) is 122 cm³/mol. The Bertz CT molecular complexity index is 1060. The highest BCUT2D eigenvalue weighted by Gasteiger charge is 2.55. The van der Waals surface area contributed by atoms with Crippen LogP contribution in [-0.4, -0.2) is 59.9 Å². The van der Waals surface area contributed by atoms with E-state index in [0.29, 0.717) is 23.8 Å². The fraction of sp³-hybridized carbons (Fsp3) is 0.462. The normalized spacial score (nSPS) is 23.5. The lowest BCUT2D eigenvalue weighted by atomic mass is 9.88. The number of carboxylic acids is 1. The Labute approximate surface area is 192 Å². The van der Waals surface area contributed by atoms with Gasteiger partial charge >= 0.3 is 5.97 Å². The molecule has 33 heavy (non-hydrogen) atoms. The zero-order valence-electron chi connectivity index (χ0n) is 18.8. The van der Waals surface area contributed by atoms with Crippen molar-refractivity contribution >= 4 is 11.9 Å². The van der Waals surface area contributed by atoms with Crippen LogP contribution in [0.1, 0.15) is 53.9 Å². The van der Waals surface area contributed by atoms with Crippen molar-refractivity contribution in [1.29, 1.82) is 0 Å². The van der Waals surface area contributed by atoms with Gasteiger partial charge < -0.3 is 24.6 Å². The van der Waals surface area contributed by atoms with Crippen LogP contribution in [0.4, 0.5) is 0 Å². The van der Waals surface area contributed by atoms with Crippen LogP contribution >= 0.6 is 0 Å². The van der Waals surface area contributed by atoms with Gasteiger partial charge in [0.2, 0.25) is 0 Å². The monoisotopic (exact) mass is 451 g/mol. The Morgan fingerprint density at radius 3 is 2.48 bits per heavy atom. The van der Waals surface area contributed by atoms with Crippen LogP contribution in [0, 0.1) is 5.41 Å². The van der Waals surface area contributed by atoms with E-state index in [-0.39, 0.29) is 28.7 Å². The molecule has 0 bridgehead atoms. The summed E-state index contributed by atoms with van der Waals surface area (Å²) in [5.74, 6) is -0.423. The lowest BCUT2D eigenvalue weighted by molar-refractivity contribution is -0.142. The Morgan fingerprint density at radius 1 is 1.15 bits per heavy atom. The van der Waals surface area contributed by atoms with Gasteiger partial charge in [0, 0.05) is 31.3 Å². The topological polar surface area (TPSA) is 96.3 Å². The largest absolute Gasteiger partial charge is 0.507 e. The number of amides is 1.